The van der Waals surface area contributed by atoms with E-state index in [1.807, 2.05) is 6.92 Å². The highest BCUT2D eigenvalue weighted by atomic mass is 19.4. The number of amides is 1. The lowest BCUT2D eigenvalue weighted by Crippen LogP contribution is -2.37. The Bertz CT molecular complexity index is 209. The zero-order valence-corrected chi connectivity index (χ0v) is 9.26. The van der Waals surface area contributed by atoms with E-state index < -0.39 is 12.1 Å². The van der Waals surface area contributed by atoms with Crippen molar-refractivity contribution in [1.29, 1.82) is 0 Å². The van der Waals surface area contributed by atoms with E-state index in [9.17, 15) is 18.0 Å². The molecule has 0 aromatic heterocycles. The normalized spacial score (nSPS) is 13.6. The largest absolute Gasteiger partial charge is 0.471 e. The zero-order valence-electron chi connectivity index (χ0n) is 9.26. The molecule has 0 aliphatic heterocycles. The number of nitrogens with one attached hydrogen (secondary N) is 1. The van der Waals surface area contributed by atoms with Crippen LogP contribution in [0.3, 0.4) is 0 Å². The molecule has 0 radical (unpaired) electrons. The second-order valence-corrected chi connectivity index (χ2v) is 3.00. The summed E-state index contributed by atoms with van der Waals surface area (Å²) in [4.78, 5) is 10.4. The number of halogens is 3. The van der Waals surface area contributed by atoms with Crippen LogP contribution in [0.1, 0.15) is 20.3 Å². The second kappa shape index (κ2) is 7.45. The molecule has 0 fully saturated rings. The highest BCUT2D eigenvalue weighted by molar-refractivity contribution is 5.81. The first-order chi connectivity index (χ1) is 7.38. The lowest BCUT2D eigenvalue weighted by Gasteiger charge is -2.13. The van der Waals surface area contributed by atoms with Crippen molar-refractivity contribution in [2.45, 2.75) is 32.7 Å². The Kier molecular flexibility index (Phi) is 7.07. The topological polar surface area (TPSA) is 47.6 Å². The van der Waals surface area contributed by atoms with E-state index in [-0.39, 0.29) is 19.4 Å². The summed E-state index contributed by atoms with van der Waals surface area (Å²) in [5.41, 5.74) is 0. The smallest absolute Gasteiger partial charge is 0.353 e. The van der Waals surface area contributed by atoms with Crippen molar-refractivity contribution in [1.82, 2.24) is 5.32 Å². The van der Waals surface area contributed by atoms with Crippen LogP contribution < -0.4 is 5.32 Å². The fourth-order valence-electron chi connectivity index (χ4n) is 0.906. The maximum absolute atomic E-state index is 11.7. The molecule has 0 aromatic rings. The number of alkyl halides is 3. The summed E-state index contributed by atoms with van der Waals surface area (Å²) >= 11 is 0. The third-order valence-corrected chi connectivity index (χ3v) is 1.62. The minimum Gasteiger partial charge on any atom is -0.353 e. The number of hydrogen-bond acceptors (Lipinski definition) is 3. The number of rotatable bonds is 7. The molecule has 0 rings (SSSR count). The molecule has 1 atom stereocenters. The Hall–Kier alpha value is -0.820. The SMILES string of the molecule is CCOC(C)OCCCNC(=O)C(F)(F)F. The van der Waals surface area contributed by atoms with Crippen molar-refractivity contribution in [3.05, 3.63) is 0 Å². The summed E-state index contributed by atoms with van der Waals surface area (Å²) in [7, 11) is 0. The van der Waals surface area contributed by atoms with Crippen LogP contribution in [-0.4, -0.2) is 38.1 Å². The summed E-state index contributed by atoms with van der Waals surface area (Å²) in [6.45, 7) is 4.17. The highest BCUT2D eigenvalue weighted by Crippen LogP contribution is 2.13. The van der Waals surface area contributed by atoms with Crippen LogP contribution in [0.25, 0.3) is 0 Å². The van der Waals surface area contributed by atoms with Crippen molar-refractivity contribution in [3.63, 3.8) is 0 Å². The molecule has 0 aliphatic carbocycles. The zero-order chi connectivity index (χ0) is 12.6. The molecule has 0 bridgehead atoms. The summed E-state index contributed by atoms with van der Waals surface area (Å²) in [6, 6.07) is 0. The van der Waals surface area contributed by atoms with Gasteiger partial charge >= 0.3 is 12.1 Å². The van der Waals surface area contributed by atoms with Crippen LogP contribution in [0.4, 0.5) is 13.2 Å². The van der Waals surface area contributed by atoms with Crippen molar-refractivity contribution in [2.24, 2.45) is 0 Å². The Labute approximate surface area is 92.1 Å². The molecule has 0 saturated carbocycles. The molecule has 16 heavy (non-hydrogen) atoms. The van der Waals surface area contributed by atoms with Gasteiger partial charge < -0.3 is 14.8 Å². The first kappa shape index (κ1) is 15.2. The van der Waals surface area contributed by atoms with Crippen molar-refractivity contribution in [3.8, 4) is 0 Å². The van der Waals surface area contributed by atoms with Crippen LogP contribution in [0.5, 0.6) is 0 Å². The monoisotopic (exact) mass is 243 g/mol. The molecule has 96 valence electrons. The van der Waals surface area contributed by atoms with E-state index in [1.54, 1.807) is 12.2 Å². The number of carbonyl (C=O) groups excluding carboxylic acids is 1. The van der Waals surface area contributed by atoms with E-state index in [0.717, 1.165) is 0 Å². The van der Waals surface area contributed by atoms with E-state index >= 15 is 0 Å². The molecule has 0 heterocycles. The van der Waals surface area contributed by atoms with Crippen LogP contribution in [0.2, 0.25) is 0 Å². The van der Waals surface area contributed by atoms with Gasteiger partial charge in [0.25, 0.3) is 0 Å². The Balaban J connectivity index is 3.44. The lowest BCUT2D eigenvalue weighted by atomic mass is 10.4. The van der Waals surface area contributed by atoms with Gasteiger partial charge in [-0.2, -0.15) is 13.2 Å². The molecule has 4 nitrogen and oxygen atoms in total. The fourth-order valence-corrected chi connectivity index (χ4v) is 0.906. The van der Waals surface area contributed by atoms with Crippen molar-refractivity contribution in [2.75, 3.05) is 19.8 Å². The Morgan fingerprint density at radius 2 is 2.00 bits per heavy atom. The second-order valence-electron chi connectivity index (χ2n) is 3.00. The van der Waals surface area contributed by atoms with E-state index in [4.69, 9.17) is 9.47 Å². The molecule has 0 spiro atoms. The van der Waals surface area contributed by atoms with E-state index in [2.05, 4.69) is 0 Å². The number of hydrogen-bond donors (Lipinski definition) is 1. The van der Waals surface area contributed by atoms with Gasteiger partial charge in [0.15, 0.2) is 6.29 Å². The van der Waals surface area contributed by atoms with Crippen LogP contribution in [-0.2, 0) is 14.3 Å². The molecular weight excluding hydrogens is 227 g/mol. The standard InChI is InChI=1S/C9H16F3NO3/c1-3-15-7(2)16-6-4-5-13-8(14)9(10,11)12/h7H,3-6H2,1-2H3,(H,13,14). The lowest BCUT2D eigenvalue weighted by molar-refractivity contribution is -0.173. The predicted octanol–water partition coefficient (Wildman–Crippen LogP) is 1.45. The summed E-state index contributed by atoms with van der Waals surface area (Å²) < 4.78 is 45.3. The van der Waals surface area contributed by atoms with Crippen LogP contribution in [0, 0.1) is 0 Å². The molecule has 1 unspecified atom stereocenters. The minimum atomic E-state index is -4.82. The summed E-state index contributed by atoms with van der Waals surface area (Å²) in [6.07, 6.45) is -4.90. The highest BCUT2D eigenvalue weighted by Gasteiger charge is 2.38. The summed E-state index contributed by atoms with van der Waals surface area (Å²) in [5, 5.41) is 1.74. The van der Waals surface area contributed by atoms with Gasteiger partial charge in [0.1, 0.15) is 0 Å². The predicted molar refractivity (Wildman–Crippen MR) is 50.7 cm³/mol. The fraction of sp³-hybridized carbons (Fsp3) is 0.889. The molecule has 7 heteroatoms. The third kappa shape index (κ3) is 7.47. The first-order valence-corrected chi connectivity index (χ1v) is 4.96. The molecular formula is C9H16F3NO3. The Morgan fingerprint density at radius 3 is 2.50 bits per heavy atom. The Morgan fingerprint density at radius 1 is 1.38 bits per heavy atom. The number of carbonyl (C=O) groups is 1. The van der Waals surface area contributed by atoms with Gasteiger partial charge in [-0.1, -0.05) is 0 Å². The molecule has 1 N–H and O–H groups in total. The molecule has 0 saturated heterocycles. The summed E-state index contributed by atoms with van der Waals surface area (Å²) in [5.74, 6) is -1.93. The van der Waals surface area contributed by atoms with Crippen LogP contribution >= 0.6 is 0 Å². The van der Waals surface area contributed by atoms with Crippen molar-refractivity contribution < 1.29 is 27.4 Å². The number of ether oxygens (including phenoxy) is 2. The van der Waals surface area contributed by atoms with Gasteiger partial charge in [-0.05, 0) is 20.3 Å². The van der Waals surface area contributed by atoms with E-state index in [0.29, 0.717) is 13.0 Å². The quantitative estimate of drug-likeness (QED) is 0.544. The molecule has 1 amide bonds. The minimum absolute atomic E-state index is 0.0722. The average molecular weight is 243 g/mol. The molecule has 0 aromatic carbocycles. The first-order valence-electron chi connectivity index (χ1n) is 4.96. The van der Waals surface area contributed by atoms with Gasteiger partial charge in [0.05, 0.1) is 6.61 Å². The maximum Gasteiger partial charge on any atom is 0.471 e. The van der Waals surface area contributed by atoms with E-state index in [1.165, 1.54) is 0 Å². The third-order valence-electron chi connectivity index (χ3n) is 1.62. The maximum atomic E-state index is 11.7. The van der Waals surface area contributed by atoms with Gasteiger partial charge in [-0.15, -0.1) is 0 Å². The van der Waals surface area contributed by atoms with Crippen LogP contribution in [0.15, 0.2) is 0 Å². The van der Waals surface area contributed by atoms with Gasteiger partial charge in [-0.25, -0.2) is 0 Å². The van der Waals surface area contributed by atoms with Crippen molar-refractivity contribution >= 4 is 5.91 Å². The molecule has 0 aliphatic rings. The van der Waals surface area contributed by atoms with Gasteiger partial charge in [0.2, 0.25) is 0 Å². The van der Waals surface area contributed by atoms with Gasteiger partial charge in [0, 0.05) is 13.2 Å². The van der Waals surface area contributed by atoms with Gasteiger partial charge in [-0.3, -0.25) is 4.79 Å². The average Bonchev–Trinajstić information content (AvgIpc) is 2.16.